The topological polar surface area (TPSA) is 66.6 Å². The highest BCUT2D eigenvalue weighted by atomic mass is 16.4. The van der Waals surface area contributed by atoms with E-state index in [9.17, 15) is 4.79 Å². The van der Waals surface area contributed by atoms with Crippen molar-refractivity contribution in [2.45, 2.75) is 32.7 Å². The number of carbonyl (C=O) groups is 1. The van der Waals surface area contributed by atoms with Gasteiger partial charge in [0.25, 0.3) is 6.01 Å². The van der Waals surface area contributed by atoms with Crippen molar-refractivity contribution in [1.82, 2.24) is 4.98 Å². The summed E-state index contributed by atoms with van der Waals surface area (Å²) in [7, 11) is 0. The molecule has 1 aliphatic heterocycles. The number of hydrogen-bond acceptors (Lipinski definition) is 4. The van der Waals surface area contributed by atoms with Crippen molar-refractivity contribution in [3.8, 4) is 0 Å². The fraction of sp³-hybridized carbons (Fsp3) is 0.636. The lowest BCUT2D eigenvalue weighted by Gasteiger charge is -2.35. The highest BCUT2D eigenvalue weighted by Crippen LogP contribution is 2.27. The van der Waals surface area contributed by atoms with Gasteiger partial charge in [-0.2, -0.15) is 4.98 Å². The Morgan fingerprint density at radius 3 is 2.94 bits per heavy atom. The van der Waals surface area contributed by atoms with Crippen LogP contribution in [0.4, 0.5) is 6.01 Å². The molecule has 1 N–H and O–H groups in total. The fourth-order valence-corrected chi connectivity index (χ4v) is 2.19. The third kappa shape index (κ3) is 2.03. The maximum Gasteiger partial charge on any atom is 0.357 e. The zero-order valence-electron chi connectivity index (χ0n) is 9.51. The Balaban J connectivity index is 2.14. The smallest absolute Gasteiger partial charge is 0.357 e. The number of aromatic nitrogens is 1. The molecule has 16 heavy (non-hydrogen) atoms. The van der Waals surface area contributed by atoms with Crippen LogP contribution in [-0.4, -0.2) is 28.6 Å². The molecule has 0 bridgehead atoms. The van der Waals surface area contributed by atoms with Crippen LogP contribution in [0.2, 0.25) is 0 Å². The van der Waals surface area contributed by atoms with E-state index in [1.807, 2.05) is 4.90 Å². The van der Waals surface area contributed by atoms with Crippen LogP contribution >= 0.6 is 0 Å². The van der Waals surface area contributed by atoms with Gasteiger partial charge in [0.15, 0.2) is 5.69 Å². The molecule has 1 aliphatic rings. The molecular formula is C11H16N2O3. The molecule has 88 valence electrons. The highest BCUT2D eigenvalue weighted by Gasteiger charge is 2.26. The largest absolute Gasteiger partial charge is 0.476 e. The van der Waals surface area contributed by atoms with E-state index in [0.717, 1.165) is 19.4 Å². The molecule has 0 aromatic carbocycles. The normalized spacial score (nSPS) is 25.8. The number of carboxylic acid groups (broad SMARTS) is 1. The maximum atomic E-state index is 10.7. The van der Waals surface area contributed by atoms with E-state index in [1.54, 1.807) is 0 Å². The second-order valence-corrected chi connectivity index (χ2v) is 4.49. The van der Waals surface area contributed by atoms with Crippen molar-refractivity contribution in [3.05, 3.63) is 12.0 Å². The summed E-state index contributed by atoms with van der Waals surface area (Å²) in [6, 6.07) is 0.779. The summed E-state index contributed by atoms with van der Waals surface area (Å²) in [5.41, 5.74) is -0.0270. The molecule has 2 unspecified atom stereocenters. The first-order chi connectivity index (χ1) is 7.58. The van der Waals surface area contributed by atoms with Crippen LogP contribution in [0, 0.1) is 5.92 Å². The summed E-state index contributed by atoms with van der Waals surface area (Å²) in [5.74, 6) is -0.340. The van der Waals surface area contributed by atoms with E-state index in [1.165, 1.54) is 6.26 Å². The Labute approximate surface area is 94.1 Å². The predicted octanol–water partition coefficient (Wildman–Crippen LogP) is 2.00. The minimum absolute atomic E-state index is 0.0270. The zero-order chi connectivity index (χ0) is 11.7. The van der Waals surface area contributed by atoms with Gasteiger partial charge in [0.2, 0.25) is 0 Å². The second kappa shape index (κ2) is 4.15. The molecule has 0 radical (unpaired) electrons. The summed E-state index contributed by atoms with van der Waals surface area (Å²) < 4.78 is 5.21. The highest BCUT2D eigenvalue weighted by molar-refractivity contribution is 5.85. The van der Waals surface area contributed by atoms with Crippen molar-refractivity contribution >= 4 is 12.0 Å². The Hall–Kier alpha value is -1.52. The van der Waals surface area contributed by atoms with Crippen molar-refractivity contribution in [2.75, 3.05) is 11.4 Å². The average Bonchev–Trinajstić information content (AvgIpc) is 2.66. The van der Waals surface area contributed by atoms with Crippen LogP contribution in [0.15, 0.2) is 10.7 Å². The van der Waals surface area contributed by atoms with Crippen LogP contribution in [0.3, 0.4) is 0 Å². The molecule has 0 saturated carbocycles. The van der Waals surface area contributed by atoms with E-state index in [2.05, 4.69) is 18.8 Å². The van der Waals surface area contributed by atoms with Crippen LogP contribution < -0.4 is 4.90 Å². The number of aromatic carboxylic acids is 1. The molecule has 1 aromatic heterocycles. The Morgan fingerprint density at radius 2 is 2.38 bits per heavy atom. The van der Waals surface area contributed by atoms with Gasteiger partial charge < -0.3 is 14.4 Å². The number of oxazole rings is 1. The zero-order valence-corrected chi connectivity index (χ0v) is 9.51. The van der Waals surface area contributed by atoms with Crippen molar-refractivity contribution in [2.24, 2.45) is 5.92 Å². The summed E-state index contributed by atoms with van der Waals surface area (Å²) >= 11 is 0. The summed E-state index contributed by atoms with van der Waals surface area (Å²) in [6.45, 7) is 5.22. The number of hydrogen-bond donors (Lipinski definition) is 1. The molecule has 5 heteroatoms. The van der Waals surface area contributed by atoms with Crippen LogP contribution in [0.5, 0.6) is 0 Å². The SMILES string of the molecule is CC1CCN(c2nc(C(=O)O)co2)C(C)C1. The third-order valence-corrected chi connectivity index (χ3v) is 3.10. The summed E-state index contributed by atoms with van der Waals surface area (Å²) in [6.07, 6.45) is 3.38. The third-order valence-electron chi connectivity index (χ3n) is 3.10. The molecule has 1 saturated heterocycles. The number of nitrogens with zero attached hydrogens (tertiary/aromatic N) is 2. The Bertz CT molecular complexity index is 388. The van der Waals surface area contributed by atoms with Crippen molar-refractivity contribution in [3.63, 3.8) is 0 Å². The van der Waals surface area contributed by atoms with Crippen molar-refractivity contribution < 1.29 is 14.3 Å². The monoisotopic (exact) mass is 224 g/mol. The molecule has 2 atom stereocenters. The molecule has 2 heterocycles. The molecule has 0 spiro atoms. The maximum absolute atomic E-state index is 10.7. The first-order valence-corrected chi connectivity index (χ1v) is 5.53. The van der Waals surface area contributed by atoms with Gasteiger partial charge in [-0.3, -0.25) is 0 Å². The minimum Gasteiger partial charge on any atom is -0.476 e. The second-order valence-electron chi connectivity index (χ2n) is 4.49. The summed E-state index contributed by atoms with van der Waals surface area (Å²) in [5, 5.41) is 8.76. The van der Waals surface area contributed by atoms with Crippen molar-refractivity contribution in [1.29, 1.82) is 0 Å². The Morgan fingerprint density at radius 1 is 1.62 bits per heavy atom. The lowest BCUT2D eigenvalue weighted by Crippen LogP contribution is -2.40. The van der Waals surface area contributed by atoms with Gasteiger partial charge in [-0.15, -0.1) is 0 Å². The van der Waals surface area contributed by atoms with Gasteiger partial charge in [-0.25, -0.2) is 4.79 Å². The fourth-order valence-electron chi connectivity index (χ4n) is 2.19. The molecule has 0 aliphatic carbocycles. The lowest BCUT2D eigenvalue weighted by atomic mass is 9.94. The number of rotatable bonds is 2. The van der Waals surface area contributed by atoms with Gasteiger partial charge >= 0.3 is 5.97 Å². The first-order valence-electron chi connectivity index (χ1n) is 5.53. The quantitative estimate of drug-likeness (QED) is 0.832. The van der Waals surface area contributed by atoms with E-state index >= 15 is 0 Å². The number of piperidine rings is 1. The van der Waals surface area contributed by atoms with Gasteiger partial charge in [0.1, 0.15) is 6.26 Å². The Kier molecular flexibility index (Phi) is 2.85. The minimum atomic E-state index is -1.05. The standard InChI is InChI=1S/C11H16N2O3/c1-7-3-4-13(8(2)5-7)11-12-9(6-16-11)10(14)15/h6-8H,3-5H2,1-2H3,(H,14,15). The first kappa shape index (κ1) is 11.0. The molecule has 5 nitrogen and oxygen atoms in total. The number of carboxylic acids is 1. The molecule has 0 amide bonds. The van der Waals surface area contributed by atoms with Crippen LogP contribution in [0.25, 0.3) is 0 Å². The van der Waals surface area contributed by atoms with Gasteiger partial charge in [0, 0.05) is 12.6 Å². The van der Waals surface area contributed by atoms with Crippen LogP contribution in [-0.2, 0) is 0 Å². The molecular weight excluding hydrogens is 208 g/mol. The van der Waals surface area contributed by atoms with E-state index in [-0.39, 0.29) is 5.69 Å². The predicted molar refractivity (Wildman–Crippen MR) is 58.7 cm³/mol. The molecule has 1 aromatic rings. The van der Waals surface area contributed by atoms with Gasteiger partial charge in [-0.05, 0) is 25.7 Å². The molecule has 1 fully saturated rings. The number of anilines is 1. The van der Waals surface area contributed by atoms with E-state index in [4.69, 9.17) is 9.52 Å². The lowest BCUT2D eigenvalue weighted by molar-refractivity contribution is 0.0690. The summed E-state index contributed by atoms with van der Waals surface area (Å²) in [4.78, 5) is 16.7. The van der Waals surface area contributed by atoms with Gasteiger partial charge in [0.05, 0.1) is 0 Å². The van der Waals surface area contributed by atoms with E-state index < -0.39 is 5.97 Å². The van der Waals surface area contributed by atoms with Crippen LogP contribution in [0.1, 0.15) is 37.2 Å². The van der Waals surface area contributed by atoms with Gasteiger partial charge in [-0.1, -0.05) is 6.92 Å². The molecule has 2 rings (SSSR count). The average molecular weight is 224 g/mol. The van der Waals surface area contributed by atoms with E-state index in [0.29, 0.717) is 18.0 Å².